The fourth-order valence-electron chi connectivity index (χ4n) is 3.37. The molecule has 1 aliphatic rings. The van der Waals surface area contributed by atoms with Crippen LogP contribution in [0.1, 0.15) is 30.3 Å². The van der Waals surface area contributed by atoms with Crippen LogP contribution >= 0.6 is 11.8 Å². The number of quaternary nitrogens is 1. The Morgan fingerprint density at radius 3 is 2.36 bits per heavy atom. The third-order valence-electron chi connectivity index (χ3n) is 4.91. The van der Waals surface area contributed by atoms with E-state index in [2.05, 4.69) is 0 Å². The van der Waals surface area contributed by atoms with Gasteiger partial charge in [-0.15, -0.1) is 11.8 Å². The Bertz CT molecular complexity index is 809. The number of thioether (sulfide) groups is 1. The molecule has 1 amide bonds. The second-order valence-electron chi connectivity index (χ2n) is 7.31. The topological polar surface area (TPSA) is 24.8 Å². The molecular weight excluding hydrogens is 385 g/mol. The van der Waals surface area contributed by atoms with E-state index in [9.17, 15) is 18.0 Å². The van der Waals surface area contributed by atoms with Crippen LogP contribution in [-0.2, 0) is 11.3 Å². The van der Waals surface area contributed by atoms with E-state index < -0.39 is 11.6 Å². The molecule has 3 nitrogen and oxygen atoms in total. The van der Waals surface area contributed by atoms with Crippen molar-refractivity contribution in [3.05, 3.63) is 71.0 Å². The second kappa shape index (κ2) is 9.01. The number of halogens is 3. The van der Waals surface area contributed by atoms with E-state index in [1.807, 2.05) is 18.7 Å². The molecule has 1 N–H and O–H groups in total. The first-order chi connectivity index (χ1) is 13.3. The maximum atomic E-state index is 13.5. The van der Waals surface area contributed by atoms with E-state index in [-0.39, 0.29) is 29.7 Å². The smallest absolute Gasteiger partial charge is 0.278 e. The molecule has 0 spiro atoms. The van der Waals surface area contributed by atoms with Gasteiger partial charge >= 0.3 is 0 Å². The van der Waals surface area contributed by atoms with Gasteiger partial charge in [-0.05, 0) is 43.7 Å². The van der Waals surface area contributed by atoms with Gasteiger partial charge in [0.15, 0.2) is 6.54 Å². The number of nitrogens with one attached hydrogen (secondary N) is 1. The van der Waals surface area contributed by atoms with Gasteiger partial charge in [-0.3, -0.25) is 4.79 Å². The summed E-state index contributed by atoms with van der Waals surface area (Å²) in [5.74, 6) is -0.726. The second-order valence-corrected chi connectivity index (χ2v) is 8.49. The molecule has 3 rings (SSSR count). The standard InChI is InChI=1S/C21H23F3N2OS/c1-14(2)25(12-15-9-18(23)11-19(24)10-15)13-20(27)26-7-8-28-21(26)16-3-5-17(22)6-4-16/h3-6,9-11,14,21H,7-8,12-13H2,1-2H3/p+1/t21-/m0/s1. The van der Waals surface area contributed by atoms with Crippen molar-refractivity contribution in [3.63, 3.8) is 0 Å². The van der Waals surface area contributed by atoms with Crippen molar-refractivity contribution in [1.82, 2.24) is 4.90 Å². The number of carbonyl (C=O) groups excluding carboxylic acids is 1. The lowest BCUT2D eigenvalue weighted by atomic mass is 10.1. The van der Waals surface area contributed by atoms with Crippen molar-refractivity contribution >= 4 is 17.7 Å². The zero-order valence-electron chi connectivity index (χ0n) is 15.9. The summed E-state index contributed by atoms with van der Waals surface area (Å²) < 4.78 is 40.2. The van der Waals surface area contributed by atoms with Crippen LogP contribution in [-0.4, -0.2) is 35.7 Å². The lowest BCUT2D eigenvalue weighted by molar-refractivity contribution is -0.927. The average Bonchev–Trinajstić information content (AvgIpc) is 3.10. The molecule has 1 heterocycles. The van der Waals surface area contributed by atoms with Gasteiger partial charge in [-0.2, -0.15) is 0 Å². The minimum absolute atomic E-state index is 0.0140. The van der Waals surface area contributed by atoms with Crippen LogP contribution in [0.15, 0.2) is 42.5 Å². The minimum atomic E-state index is -0.614. The van der Waals surface area contributed by atoms with E-state index >= 15 is 0 Å². The van der Waals surface area contributed by atoms with Gasteiger partial charge in [0.25, 0.3) is 5.91 Å². The van der Waals surface area contributed by atoms with Crippen LogP contribution in [0.2, 0.25) is 0 Å². The monoisotopic (exact) mass is 409 g/mol. The fraction of sp³-hybridized carbons (Fsp3) is 0.381. The number of nitrogens with zero attached hydrogens (tertiary/aromatic N) is 1. The molecule has 1 fully saturated rings. The summed E-state index contributed by atoms with van der Waals surface area (Å²) in [6, 6.07) is 9.80. The van der Waals surface area contributed by atoms with Gasteiger partial charge in [0.2, 0.25) is 0 Å². The molecule has 7 heteroatoms. The number of benzene rings is 2. The molecule has 2 aromatic carbocycles. The zero-order chi connectivity index (χ0) is 20.3. The third kappa shape index (κ3) is 5.08. The predicted octanol–water partition coefficient (Wildman–Crippen LogP) is 3.17. The zero-order valence-corrected chi connectivity index (χ0v) is 16.7. The third-order valence-corrected chi connectivity index (χ3v) is 6.18. The normalized spacial score (nSPS) is 17.9. The summed E-state index contributed by atoms with van der Waals surface area (Å²) in [6.07, 6.45) is 0. The molecule has 1 saturated heterocycles. The largest absolute Gasteiger partial charge is 0.321 e. The van der Waals surface area contributed by atoms with Crippen LogP contribution in [0.25, 0.3) is 0 Å². The van der Waals surface area contributed by atoms with Crippen molar-refractivity contribution in [2.75, 3.05) is 18.8 Å². The Kier molecular flexibility index (Phi) is 6.67. The number of hydrogen-bond acceptors (Lipinski definition) is 2. The Morgan fingerprint density at radius 1 is 1.11 bits per heavy atom. The van der Waals surface area contributed by atoms with Gasteiger partial charge in [-0.1, -0.05) is 12.1 Å². The molecule has 0 radical (unpaired) electrons. The molecular formula is C21H24F3N2OS+. The number of hydrogen-bond donors (Lipinski definition) is 1. The van der Waals surface area contributed by atoms with Crippen LogP contribution in [0.3, 0.4) is 0 Å². The molecule has 150 valence electrons. The van der Waals surface area contributed by atoms with Crippen molar-refractivity contribution < 1.29 is 22.9 Å². The molecule has 0 bridgehead atoms. The highest BCUT2D eigenvalue weighted by Crippen LogP contribution is 2.37. The van der Waals surface area contributed by atoms with E-state index in [1.165, 1.54) is 24.3 Å². The Labute approximate surface area is 167 Å². The molecule has 0 aliphatic carbocycles. The molecule has 28 heavy (non-hydrogen) atoms. The van der Waals surface area contributed by atoms with Gasteiger partial charge < -0.3 is 9.80 Å². The molecule has 2 atom stereocenters. The average molecular weight is 409 g/mol. The summed E-state index contributed by atoms with van der Waals surface area (Å²) in [7, 11) is 0. The minimum Gasteiger partial charge on any atom is -0.321 e. The molecule has 1 unspecified atom stereocenters. The highest BCUT2D eigenvalue weighted by Gasteiger charge is 2.33. The maximum Gasteiger partial charge on any atom is 0.278 e. The van der Waals surface area contributed by atoms with Crippen molar-refractivity contribution in [2.24, 2.45) is 0 Å². The van der Waals surface area contributed by atoms with E-state index in [1.54, 1.807) is 23.9 Å². The summed E-state index contributed by atoms with van der Waals surface area (Å²) in [4.78, 5) is 15.8. The molecule has 1 aliphatic heterocycles. The van der Waals surface area contributed by atoms with Crippen LogP contribution in [0.4, 0.5) is 13.2 Å². The Balaban J connectivity index is 1.71. The fourth-order valence-corrected chi connectivity index (χ4v) is 4.65. The van der Waals surface area contributed by atoms with Gasteiger partial charge in [-0.25, -0.2) is 13.2 Å². The number of carbonyl (C=O) groups is 1. The molecule has 0 saturated carbocycles. The number of amides is 1. The highest BCUT2D eigenvalue weighted by molar-refractivity contribution is 7.99. The van der Waals surface area contributed by atoms with Crippen molar-refractivity contribution in [3.8, 4) is 0 Å². The Morgan fingerprint density at radius 2 is 1.75 bits per heavy atom. The van der Waals surface area contributed by atoms with Gasteiger partial charge in [0.1, 0.15) is 29.4 Å². The highest BCUT2D eigenvalue weighted by atomic mass is 32.2. The summed E-state index contributed by atoms with van der Waals surface area (Å²) in [6.45, 7) is 5.18. The van der Waals surface area contributed by atoms with Crippen LogP contribution < -0.4 is 4.90 Å². The van der Waals surface area contributed by atoms with E-state index in [0.29, 0.717) is 18.7 Å². The lowest BCUT2D eigenvalue weighted by Crippen LogP contribution is -3.14. The van der Waals surface area contributed by atoms with Gasteiger partial charge in [0.05, 0.1) is 6.04 Å². The molecule has 0 aromatic heterocycles. The van der Waals surface area contributed by atoms with E-state index in [0.717, 1.165) is 22.3 Å². The van der Waals surface area contributed by atoms with Gasteiger partial charge in [0, 0.05) is 23.9 Å². The van der Waals surface area contributed by atoms with E-state index in [4.69, 9.17) is 0 Å². The SMILES string of the molecule is CC(C)[NH+](CC(=O)N1CCS[C@H]1c1ccc(F)cc1)Cc1cc(F)cc(F)c1. The number of rotatable bonds is 6. The maximum absolute atomic E-state index is 13.5. The van der Waals surface area contributed by atoms with Crippen LogP contribution in [0, 0.1) is 17.5 Å². The van der Waals surface area contributed by atoms with Crippen LogP contribution in [0.5, 0.6) is 0 Å². The Hall–Kier alpha value is -1.99. The first-order valence-electron chi connectivity index (χ1n) is 9.29. The summed E-state index contributed by atoms with van der Waals surface area (Å²) >= 11 is 1.66. The first-order valence-corrected chi connectivity index (χ1v) is 10.3. The van der Waals surface area contributed by atoms with Crippen molar-refractivity contribution in [1.29, 1.82) is 0 Å². The predicted molar refractivity (Wildman–Crippen MR) is 104 cm³/mol. The molecule has 2 aromatic rings. The first kappa shape index (κ1) is 20.7. The quantitative estimate of drug-likeness (QED) is 0.793. The summed E-state index contributed by atoms with van der Waals surface area (Å²) in [5, 5.41) is -0.131. The summed E-state index contributed by atoms with van der Waals surface area (Å²) in [5.41, 5.74) is 1.43. The lowest BCUT2D eigenvalue weighted by Gasteiger charge is -2.28. The van der Waals surface area contributed by atoms with Crippen molar-refractivity contribution in [2.45, 2.75) is 31.8 Å².